The Morgan fingerprint density at radius 3 is 2.52 bits per heavy atom. The van der Waals surface area contributed by atoms with E-state index in [4.69, 9.17) is 0 Å². The number of hydrogen-bond acceptors (Lipinski definition) is 5. The summed E-state index contributed by atoms with van der Waals surface area (Å²) in [6.45, 7) is 8.93. The fourth-order valence-electron chi connectivity index (χ4n) is 4.04. The van der Waals surface area contributed by atoms with Crippen LogP contribution in [0.25, 0.3) is 0 Å². The van der Waals surface area contributed by atoms with Crippen molar-refractivity contribution in [3.05, 3.63) is 45.7 Å². The van der Waals surface area contributed by atoms with Gasteiger partial charge in [-0.15, -0.1) is 11.3 Å². The first-order valence-electron chi connectivity index (χ1n) is 9.00. The van der Waals surface area contributed by atoms with Gasteiger partial charge < -0.3 is 4.90 Å². The molecule has 2 atom stereocenters. The molecule has 2 fully saturated rings. The second kappa shape index (κ2) is 6.84. The predicted octanol–water partition coefficient (Wildman–Crippen LogP) is 2.61. The third-order valence-electron chi connectivity index (χ3n) is 5.34. The molecule has 0 spiro atoms. The van der Waals surface area contributed by atoms with Crippen LogP contribution >= 0.6 is 11.3 Å². The number of pyridine rings is 1. The van der Waals surface area contributed by atoms with Gasteiger partial charge in [-0.2, -0.15) is 0 Å². The zero-order valence-corrected chi connectivity index (χ0v) is 15.6. The number of aryl methyl sites for hydroxylation is 2. The molecule has 2 aliphatic rings. The lowest BCUT2D eigenvalue weighted by molar-refractivity contribution is 0.0773. The fourth-order valence-corrected chi connectivity index (χ4v) is 4.64. The Kier molecular flexibility index (Phi) is 4.56. The van der Waals surface area contributed by atoms with Crippen LogP contribution in [-0.2, 0) is 13.0 Å². The Labute approximate surface area is 152 Å². The van der Waals surface area contributed by atoms with E-state index in [1.54, 1.807) is 17.5 Å². The Morgan fingerprint density at radius 2 is 1.96 bits per heavy atom. The van der Waals surface area contributed by atoms with Crippen LogP contribution in [0.5, 0.6) is 0 Å². The Hall–Kier alpha value is -1.79. The average Bonchev–Trinajstić information content (AvgIpc) is 3.29. The number of hydrogen-bond donors (Lipinski definition) is 0. The van der Waals surface area contributed by atoms with Crippen LogP contribution in [0.4, 0.5) is 0 Å². The predicted molar refractivity (Wildman–Crippen MR) is 98.6 cm³/mol. The molecule has 2 aromatic heterocycles. The molecule has 1 amide bonds. The molecule has 0 bridgehead atoms. The third-order valence-corrected chi connectivity index (χ3v) is 6.16. The minimum Gasteiger partial charge on any atom is -0.338 e. The number of carbonyl (C=O) groups is 1. The topological polar surface area (TPSA) is 49.3 Å². The smallest absolute Gasteiger partial charge is 0.255 e. The summed E-state index contributed by atoms with van der Waals surface area (Å²) >= 11 is 1.72. The molecular formula is C19H24N4OS. The van der Waals surface area contributed by atoms with Gasteiger partial charge in [0, 0.05) is 50.0 Å². The average molecular weight is 356 g/mol. The van der Waals surface area contributed by atoms with Gasteiger partial charge >= 0.3 is 0 Å². The molecule has 0 radical (unpaired) electrons. The van der Waals surface area contributed by atoms with E-state index in [9.17, 15) is 4.79 Å². The van der Waals surface area contributed by atoms with Gasteiger partial charge in [-0.3, -0.25) is 14.7 Å². The normalized spacial score (nSPS) is 23.2. The summed E-state index contributed by atoms with van der Waals surface area (Å²) in [5.41, 5.74) is 2.92. The Bertz CT molecular complexity index is 743. The molecule has 2 aromatic rings. The van der Waals surface area contributed by atoms with E-state index < -0.39 is 0 Å². The van der Waals surface area contributed by atoms with Crippen molar-refractivity contribution in [2.75, 3.05) is 26.2 Å². The number of amides is 1. The molecule has 0 aromatic carbocycles. The molecule has 0 saturated carbocycles. The summed E-state index contributed by atoms with van der Waals surface area (Å²) in [6, 6.07) is 3.88. The summed E-state index contributed by atoms with van der Waals surface area (Å²) in [5, 5.41) is 3.29. The van der Waals surface area contributed by atoms with E-state index in [0.717, 1.165) is 49.8 Å². The molecule has 6 heteroatoms. The van der Waals surface area contributed by atoms with E-state index in [2.05, 4.69) is 34.1 Å². The van der Waals surface area contributed by atoms with Crippen LogP contribution in [-0.4, -0.2) is 51.9 Å². The zero-order chi connectivity index (χ0) is 17.4. The van der Waals surface area contributed by atoms with Crippen LogP contribution in [0.3, 0.4) is 0 Å². The van der Waals surface area contributed by atoms with Gasteiger partial charge in [0.25, 0.3) is 5.91 Å². The van der Waals surface area contributed by atoms with Gasteiger partial charge in [0.2, 0.25) is 0 Å². The molecule has 132 valence electrons. The molecule has 25 heavy (non-hydrogen) atoms. The second-order valence-corrected chi connectivity index (χ2v) is 8.24. The van der Waals surface area contributed by atoms with Gasteiger partial charge in [0.15, 0.2) is 0 Å². The van der Waals surface area contributed by atoms with Gasteiger partial charge in [-0.05, 0) is 37.3 Å². The number of aromatic nitrogens is 2. The van der Waals surface area contributed by atoms with E-state index in [1.165, 1.54) is 5.69 Å². The first-order chi connectivity index (χ1) is 12.1. The molecule has 0 N–H and O–H groups in total. The summed E-state index contributed by atoms with van der Waals surface area (Å²) in [7, 11) is 0. The lowest BCUT2D eigenvalue weighted by Gasteiger charge is -2.21. The third kappa shape index (κ3) is 3.46. The van der Waals surface area contributed by atoms with Gasteiger partial charge in [0.1, 0.15) is 0 Å². The van der Waals surface area contributed by atoms with Crippen LogP contribution in [0.2, 0.25) is 0 Å². The van der Waals surface area contributed by atoms with Crippen molar-refractivity contribution in [1.29, 1.82) is 0 Å². The van der Waals surface area contributed by atoms with Crippen molar-refractivity contribution >= 4 is 17.2 Å². The number of rotatable bonds is 4. The van der Waals surface area contributed by atoms with Crippen LogP contribution in [0.15, 0.2) is 23.7 Å². The van der Waals surface area contributed by atoms with Gasteiger partial charge in [-0.1, -0.05) is 6.92 Å². The lowest BCUT2D eigenvalue weighted by atomic mass is 10.0. The number of carbonyl (C=O) groups excluding carboxylic acids is 1. The van der Waals surface area contributed by atoms with Crippen molar-refractivity contribution < 1.29 is 4.79 Å². The number of thiazole rings is 1. The second-order valence-electron chi connectivity index (χ2n) is 7.17. The highest BCUT2D eigenvalue weighted by Gasteiger charge is 2.41. The van der Waals surface area contributed by atoms with Crippen LogP contribution < -0.4 is 0 Å². The van der Waals surface area contributed by atoms with E-state index in [1.807, 2.05) is 17.0 Å². The highest BCUT2D eigenvalue weighted by Crippen LogP contribution is 2.32. The number of nitrogens with zero attached hydrogens (tertiary/aromatic N) is 4. The maximum Gasteiger partial charge on any atom is 0.255 e. The highest BCUT2D eigenvalue weighted by atomic mass is 32.1. The molecule has 4 heterocycles. The monoisotopic (exact) mass is 356 g/mol. The van der Waals surface area contributed by atoms with Crippen LogP contribution in [0, 0.1) is 18.8 Å². The van der Waals surface area contributed by atoms with Crippen molar-refractivity contribution in [2.45, 2.75) is 26.8 Å². The minimum absolute atomic E-state index is 0.131. The highest BCUT2D eigenvalue weighted by molar-refractivity contribution is 7.09. The molecular weight excluding hydrogens is 332 g/mol. The van der Waals surface area contributed by atoms with Crippen molar-refractivity contribution in [3.8, 4) is 0 Å². The maximum absolute atomic E-state index is 12.7. The molecule has 0 unspecified atom stereocenters. The Balaban J connectivity index is 1.34. The molecule has 2 saturated heterocycles. The van der Waals surface area contributed by atoms with Gasteiger partial charge in [-0.25, -0.2) is 4.98 Å². The summed E-state index contributed by atoms with van der Waals surface area (Å²) < 4.78 is 0. The van der Waals surface area contributed by atoms with E-state index in [-0.39, 0.29) is 5.91 Å². The summed E-state index contributed by atoms with van der Waals surface area (Å²) in [6.07, 6.45) is 2.63. The standard InChI is InChI=1S/C19H24N4OS/c1-3-17-5-4-14(6-20-17)19(24)23-9-15-7-22(8-16(15)10-23)11-18-12-25-13(2)21-18/h4-6,12,15-16H,3,7-11H2,1-2H3/t15-,16-/m1/s1. The lowest BCUT2D eigenvalue weighted by Crippen LogP contribution is -2.33. The van der Waals surface area contributed by atoms with Crippen molar-refractivity contribution in [2.24, 2.45) is 11.8 Å². The van der Waals surface area contributed by atoms with Crippen LogP contribution in [0.1, 0.15) is 33.7 Å². The first kappa shape index (κ1) is 16.7. The summed E-state index contributed by atoms with van der Waals surface area (Å²) in [4.78, 5) is 26.2. The van der Waals surface area contributed by atoms with E-state index >= 15 is 0 Å². The van der Waals surface area contributed by atoms with Gasteiger partial charge in [0.05, 0.1) is 16.3 Å². The molecule has 2 aliphatic heterocycles. The number of likely N-dealkylation sites (tertiary alicyclic amines) is 2. The fraction of sp³-hybridized carbons (Fsp3) is 0.526. The largest absolute Gasteiger partial charge is 0.338 e. The SMILES string of the molecule is CCc1ccc(C(=O)N2C[C@H]3CN(Cc4csc(C)n4)C[C@@H]3C2)cn1. The zero-order valence-electron chi connectivity index (χ0n) is 14.8. The molecule has 4 rings (SSSR count). The van der Waals surface area contributed by atoms with Crippen molar-refractivity contribution in [3.63, 3.8) is 0 Å². The molecule has 0 aliphatic carbocycles. The Morgan fingerprint density at radius 1 is 1.20 bits per heavy atom. The first-order valence-corrected chi connectivity index (χ1v) is 9.88. The minimum atomic E-state index is 0.131. The van der Waals surface area contributed by atoms with Crippen molar-refractivity contribution in [1.82, 2.24) is 19.8 Å². The quantitative estimate of drug-likeness (QED) is 0.845. The number of fused-ring (bicyclic) bond motifs is 1. The maximum atomic E-state index is 12.7. The molecule has 5 nitrogen and oxygen atoms in total. The summed E-state index contributed by atoms with van der Waals surface area (Å²) in [5.74, 6) is 1.31. The van der Waals surface area contributed by atoms with E-state index in [0.29, 0.717) is 17.4 Å².